The molecule has 1 saturated heterocycles. The zero-order valence-electron chi connectivity index (χ0n) is 12.4. The van der Waals surface area contributed by atoms with E-state index >= 15 is 0 Å². The molecule has 4 nitrogen and oxygen atoms in total. The summed E-state index contributed by atoms with van der Waals surface area (Å²) in [6, 6.07) is 8.65. The highest BCUT2D eigenvalue weighted by atomic mass is 16.5. The molecule has 1 fully saturated rings. The van der Waals surface area contributed by atoms with Gasteiger partial charge in [-0.3, -0.25) is 0 Å². The van der Waals surface area contributed by atoms with Crippen molar-refractivity contribution >= 4 is 5.69 Å². The maximum atomic E-state index is 5.95. The lowest BCUT2D eigenvalue weighted by Crippen LogP contribution is -2.39. The number of piperidine rings is 1. The number of benzene rings is 1. The summed E-state index contributed by atoms with van der Waals surface area (Å²) in [7, 11) is 0. The van der Waals surface area contributed by atoms with Gasteiger partial charge >= 0.3 is 0 Å². The van der Waals surface area contributed by atoms with Crippen LogP contribution in [0.1, 0.15) is 26.2 Å². The van der Waals surface area contributed by atoms with Gasteiger partial charge in [0, 0.05) is 37.5 Å². The molecule has 1 heterocycles. The van der Waals surface area contributed by atoms with E-state index in [1.807, 2.05) is 12.1 Å². The second-order valence-electron chi connectivity index (χ2n) is 5.28. The Kier molecular flexibility index (Phi) is 6.15. The lowest BCUT2D eigenvalue weighted by atomic mass is 10.1. The van der Waals surface area contributed by atoms with Gasteiger partial charge in [0.15, 0.2) is 0 Å². The Labute approximate surface area is 121 Å². The normalized spacial score (nSPS) is 16.4. The minimum absolute atomic E-state index is 0.362. The maximum absolute atomic E-state index is 5.95. The van der Waals surface area contributed by atoms with Crippen molar-refractivity contribution in [3.8, 4) is 5.75 Å². The van der Waals surface area contributed by atoms with Gasteiger partial charge in [0.05, 0.1) is 6.61 Å². The molecule has 112 valence electrons. The number of ether oxygens (including phenoxy) is 2. The molecule has 4 heteroatoms. The summed E-state index contributed by atoms with van der Waals surface area (Å²) in [5.74, 6) is 0.914. The summed E-state index contributed by atoms with van der Waals surface area (Å²) in [5, 5.41) is 0. The molecule has 0 bridgehead atoms. The second-order valence-corrected chi connectivity index (χ2v) is 5.28. The van der Waals surface area contributed by atoms with Gasteiger partial charge in [0.1, 0.15) is 12.4 Å². The smallest absolute Gasteiger partial charge is 0.121 e. The Balaban J connectivity index is 1.81. The van der Waals surface area contributed by atoms with Gasteiger partial charge in [0.25, 0.3) is 0 Å². The van der Waals surface area contributed by atoms with Crippen LogP contribution >= 0.6 is 0 Å². The Bertz CT molecular complexity index is 390. The van der Waals surface area contributed by atoms with Crippen molar-refractivity contribution in [1.82, 2.24) is 0 Å². The van der Waals surface area contributed by atoms with E-state index in [-0.39, 0.29) is 0 Å². The van der Waals surface area contributed by atoms with Crippen LogP contribution in [-0.4, -0.2) is 39.0 Å². The van der Waals surface area contributed by atoms with Crippen LogP contribution in [0.2, 0.25) is 0 Å². The van der Waals surface area contributed by atoms with Crippen LogP contribution in [0.15, 0.2) is 24.3 Å². The first-order valence-electron chi connectivity index (χ1n) is 7.60. The molecule has 0 saturated carbocycles. The minimum atomic E-state index is 0.362. The first-order chi connectivity index (χ1) is 9.79. The lowest BCUT2D eigenvalue weighted by Gasteiger charge is -2.32. The zero-order valence-corrected chi connectivity index (χ0v) is 12.4. The van der Waals surface area contributed by atoms with E-state index in [1.54, 1.807) is 0 Å². The van der Waals surface area contributed by atoms with Crippen LogP contribution in [0.25, 0.3) is 0 Å². The predicted molar refractivity (Wildman–Crippen MR) is 82.5 cm³/mol. The van der Waals surface area contributed by atoms with Crippen molar-refractivity contribution in [2.24, 2.45) is 5.73 Å². The third-order valence-corrected chi connectivity index (χ3v) is 3.57. The summed E-state index contributed by atoms with van der Waals surface area (Å²) < 4.78 is 11.1. The van der Waals surface area contributed by atoms with Crippen molar-refractivity contribution in [3.05, 3.63) is 24.3 Å². The quantitative estimate of drug-likeness (QED) is 0.778. The summed E-state index contributed by atoms with van der Waals surface area (Å²) in [5.41, 5.74) is 7.17. The molecule has 1 aromatic rings. The number of nitrogens with two attached hydrogens (primary N) is 1. The third kappa shape index (κ3) is 4.69. The van der Waals surface area contributed by atoms with Crippen molar-refractivity contribution in [2.45, 2.75) is 32.2 Å². The Morgan fingerprint density at radius 3 is 2.75 bits per heavy atom. The highest BCUT2D eigenvalue weighted by Gasteiger charge is 2.16. The van der Waals surface area contributed by atoms with E-state index in [4.69, 9.17) is 15.2 Å². The van der Waals surface area contributed by atoms with E-state index in [0.717, 1.165) is 44.7 Å². The van der Waals surface area contributed by atoms with Crippen LogP contribution < -0.4 is 15.4 Å². The lowest BCUT2D eigenvalue weighted by molar-refractivity contribution is 0.101. The third-order valence-electron chi connectivity index (χ3n) is 3.57. The fourth-order valence-electron chi connectivity index (χ4n) is 2.39. The number of anilines is 1. The average molecular weight is 278 g/mol. The predicted octanol–water partition coefficient (Wildman–Crippen LogP) is 2.42. The summed E-state index contributed by atoms with van der Waals surface area (Å²) in [6.07, 6.45) is 3.18. The molecule has 0 aliphatic carbocycles. The Morgan fingerprint density at radius 1 is 1.20 bits per heavy atom. The van der Waals surface area contributed by atoms with Gasteiger partial charge in [-0.15, -0.1) is 0 Å². The Morgan fingerprint density at radius 2 is 2.00 bits per heavy atom. The van der Waals surface area contributed by atoms with Gasteiger partial charge in [0.2, 0.25) is 0 Å². The summed E-state index contributed by atoms with van der Waals surface area (Å²) in [6.45, 7) is 6.23. The fourth-order valence-corrected chi connectivity index (χ4v) is 2.39. The molecule has 2 rings (SSSR count). The molecular formula is C16H26N2O2. The molecule has 1 aliphatic rings. The van der Waals surface area contributed by atoms with Gasteiger partial charge < -0.3 is 20.1 Å². The molecule has 0 atom stereocenters. The molecule has 2 N–H and O–H groups in total. The van der Waals surface area contributed by atoms with Crippen LogP contribution in [0, 0.1) is 0 Å². The first-order valence-corrected chi connectivity index (χ1v) is 7.60. The van der Waals surface area contributed by atoms with Crippen molar-refractivity contribution in [2.75, 3.05) is 37.8 Å². The van der Waals surface area contributed by atoms with Crippen molar-refractivity contribution in [1.29, 1.82) is 0 Å². The maximum Gasteiger partial charge on any atom is 0.121 e. The van der Waals surface area contributed by atoms with Crippen LogP contribution in [0.3, 0.4) is 0 Å². The van der Waals surface area contributed by atoms with Crippen LogP contribution in [-0.2, 0) is 4.74 Å². The van der Waals surface area contributed by atoms with Gasteiger partial charge in [-0.25, -0.2) is 0 Å². The zero-order chi connectivity index (χ0) is 14.2. The van der Waals surface area contributed by atoms with Crippen LogP contribution in [0.4, 0.5) is 5.69 Å². The molecule has 1 aliphatic heterocycles. The Hall–Kier alpha value is -1.26. The van der Waals surface area contributed by atoms with E-state index in [9.17, 15) is 0 Å². The molecular weight excluding hydrogens is 252 g/mol. The highest BCUT2D eigenvalue weighted by Crippen LogP contribution is 2.23. The number of rotatable bonds is 7. The second kappa shape index (κ2) is 8.12. The minimum Gasteiger partial charge on any atom is -0.491 e. The fraction of sp³-hybridized carbons (Fsp3) is 0.625. The monoisotopic (exact) mass is 278 g/mol. The number of hydrogen-bond acceptors (Lipinski definition) is 4. The van der Waals surface area contributed by atoms with E-state index in [1.165, 1.54) is 5.69 Å². The standard InChI is InChI=1S/C16H26N2O2/c1-2-10-19-11-12-20-16-5-3-4-15(13-16)18-8-6-14(17)7-9-18/h3-5,13-14H,2,6-12,17H2,1H3. The van der Waals surface area contributed by atoms with Crippen molar-refractivity contribution < 1.29 is 9.47 Å². The molecule has 0 unspecified atom stereocenters. The molecule has 0 aromatic heterocycles. The van der Waals surface area contributed by atoms with Gasteiger partial charge in [-0.1, -0.05) is 13.0 Å². The van der Waals surface area contributed by atoms with Crippen molar-refractivity contribution in [3.63, 3.8) is 0 Å². The van der Waals surface area contributed by atoms with E-state index in [0.29, 0.717) is 19.3 Å². The molecule has 1 aromatic carbocycles. The molecule has 0 spiro atoms. The van der Waals surface area contributed by atoms with E-state index < -0.39 is 0 Å². The van der Waals surface area contributed by atoms with Crippen LogP contribution in [0.5, 0.6) is 5.75 Å². The van der Waals surface area contributed by atoms with Gasteiger partial charge in [-0.05, 0) is 31.4 Å². The van der Waals surface area contributed by atoms with Gasteiger partial charge in [-0.2, -0.15) is 0 Å². The largest absolute Gasteiger partial charge is 0.491 e. The SMILES string of the molecule is CCCOCCOc1cccc(N2CCC(N)CC2)c1. The summed E-state index contributed by atoms with van der Waals surface area (Å²) >= 11 is 0. The highest BCUT2D eigenvalue weighted by molar-refractivity contribution is 5.51. The topological polar surface area (TPSA) is 47.7 Å². The summed E-state index contributed by atoms with van der Waals surface area (Å²) in [4.78, 5) is 2.38. The first kappa shape index (κ1) is 15.1. The number of nitrogens with zero attached hydrogens (tertiary/aromatic N) is 1. The van der Waals surface area contributed by atoms with E-state index in [2.05, 4.69) is 24.0 Å². The molecule has 20 heavy (non-hydrogen) atoms. The molecule has 0 amide bonds. The number of hydrogen-bond donors (Lipinski definition) is 1. The average Bonchev–Trinajstić information content (AvgIpc) is 2.48. The molecule has 0 radical (unpaired) electrons.